The largest absolute Gasteiger partial charge is 0.465 e. The minimum absolute atomic E-state index is 0.134. The molecule has 0 saturated heterocycles. The van der Waals surface area contributed by atoms with Gasteiger partial charge in [-0.15, -0.1) is 0 Å². The molecule has 1 heterocycles. The van der Waals surface area contributed by atoms with E-state index in [9.17, 15) is 13.6 Å². The summed E-state index contributed by atoms with van der Waals surface area (Å²) in [5, 5.41) is 0. The van der Waals surface area contributed by atoms with Crippen LogP contribution >= 0.6 is 0 Å². The van der Waals surface area contributed by atoms with Gasteiger partial charge in [0.2, 0.25) is 0 Å². The molecular weight excluding hydrogens is 258 g/mol. The first-order valence-corrected chi connectivity index (χ1v) is 5.13. The van der Waals surface area contributed by atoms with Crippen LogP contribution in [-0.4, -0.2) is 23.0 Å². The average Bonchev–Trinajstić information content (AvgIpc) is 2.42. The minimum Gasteiger partial charge on any atom is -0.465 e. The fraction of sp³-hybridized carbons (Fsp3) is 0.0833. The molecule has 7 heteroatoms. The lowest BCUT2D eigenvalue weighted by Gasteiger charge is -2.05. The number of methoxy groups -OCH3 is 1. The standard InChI is InChI=1S/C12H8F2N2O3/c1-18-11(17)7-5-15-12(16-6-7)19-10-3-2-8(13)4-9(10)14/h2-6H,1H3. The first-order valence-electron chi connectivity index (χ1n) is 5.13. The molecule has 0 saturated carbocycles. The van der Waals surface area contributed by atoms with Gasteiger partial charge in [-0.1, -0.05) is 0 Å². The molecule has 0 amide bonds. The van der Waals surface area contributed by atoms with E-state index in [1.807, 2.05) is 0 Å². The fourth-order valence-electron chi connectivity index (χ4n) is 1.25. The molecule has 2 aromatic rings. The Morgan fingerprint density at radius 3 is 2.47 bits per heavy atom. The molecule has 5 nitrogen and oxygen atoms in total. The number of rotatable bonds is 3. The van der Waals surface area contributed by atoms with E-state index in [2.05, 4.69) is 14.7 Å². The molecule has 0 aliphatic carbocycles. The summed E-state index contributed by atoms with van der Waals surface area (Å²) in [7, 11) is 1.22. The van der Waals surface area contributed by atoms with Crippen LogP contribution in [-0.2, 0) is 4.74 Å². The minimum atomic E-state index is -0.874. The Balaban J connectivity index is 2.17. The van der Waals surface area contributed by atoms with Crippen LogP contribution in [0, 0.1) is 11.6 Å². The number of carbonyl (C=O) groups excluding carboxylic acids is 1. The number of nitrogens with zero attached hydrogens (tertiary/aromatic N) is 2. The summed E-state index contributed by atoms with van der Waals surface area (Å²) in [6.07, 6.45) is 2.35. The van der Waals surface area contributed by atoms with Gasteiger partial charge >= 0.3 is 12.0 Å². The smallest absolute Gasteiger partial charge is 0.341 e. The molecule has 0 fully saturated rings. The highest BCUT2D eigenvalue weighted by atomic mass is 19.1. The van der Waals surface area contributed by atoms with Crippen molar-refractivity contribution in [3.8, 4) is 11.8 Å². The molecule has 98 valence electrons. The van der Waals surface area contributed by atoms with E-state index in [1.165, 1.54) is 19.5 Å². The van der Waals surface area contributed by atoms with Crippen molar-refractivity contribution in [2.24, 2.45) is 0 Å². The molecule has 0 atom stereocenters. The highest BCUT2D eigenvalue weighted by molar-refractivity contribution is 5.88. The van der Waals surface area contributed by atoms with Crippen LogP contribution in [0.3, 0.4) is 0 Å². The summed E-state index contributed by atoms with van der Waals surface area (Å²) < 4.78 is 35.5. The third-order valence-corrected chi connectivity index (χ3v) is 2.14. The number of hydrogen-bond acceptors (Lipinski definition) is 5. The molecule has 0 aliphatic heterocycles. The lowest BCUT2D eigenvalue weighted by atomic mass is 10.3. The van der Waals surface area contributed by atoms with E-state index >= 15 is 0 Å². The molecule has 19 heavy (non-hydrogen) atoms. The summed E-state index contributed by atoms with van der Waals surface area (Å²) in [5.74, 6) is -2.40. The molecule has 0 radical (unpaired) electrons. The number of ether oxygens (including phenoxy) is 2. The summed E-state index contributed by atoms with van der Waals surface area (Å²) in [6, 6.07) is 2.67. The molecule has 0 aliphatic rings. The van der Waals surface area contributed by atoms with Crippen molar-refractivity contribution >= 4 is 5.97 Å². The number of carbonyl (C=O) groups is 1. The lowest BCUT2D eigenvalue weighted by molar-refractivity contribution is 0.0599. The van der Waals surface area contributed by atoms with Gasteiger partial charge in [0.05, 0.1) is 12.7 Å². The Bertz CT molecular complexity index is 602. The maximum absolute atomic E-state index is 13.3. The maximum Gasteiger partial charge on any atom is 0.341 e. The first-order chi connectivity index (χ1) is 9.10. The Labute approximate surface area is 106 Å². The Kier molecular flexibility index (Phi) is 3.65. The van der Waals surface area contributed by atoms with Gasteiger partial charge in [0.25, 0.3) is 0 Å². The summed E-state index contributed by atoms with van der Waals surface area (Å²) in [6.45, 7) is 0. The number of benzene rings is 1. The van der Waals surface area contributed by atoms with Gasteiger partial charge in [-0.3, -0.25) is 0 Å². The van der Waals surface area contributed by atoms with Crippen molar-refractivity contribution < 1.29 is 23.0 Å². The van der Waals surface area contributed by atoms with Crippen molar-refractivity contribution in [2.45, 2.75) is 0 Å². The molecule has 0 spiro atoms. The quantitative estimate of drug-likeness (QED) is 0.798. The van der Waals surface area contributed by atoms with Crippen molar-refractivity contribution in [2.75, 3.05) is 7.11 Å². The van der Waals surface area contributed by atoms with E-state index in [4.69, 9.17) is 4.74 Å². The van der Waals surface area contributed by atoms with E-state index in [0.29, 0.717) is 6.07 Å². The fourth-order valence-corrected chi connectivity index (χ4v) is 1.25. The highest BCUT2D eigenvalue weighted by Crippen LogP contribution is 2.22. The Hall–Kier alpha value is -2.57. The second-order valence-electron chi connectivity index (χ2n) is 3.42. The Morgan fingerprint density at radius 1 is 1.21 bits per heavy atom. The molecule has 1 aromatic heterocycles. The molecular formula is C12H8F2N2O3. The average molecular weight is 266 g/mol. The summed E-state index contributed by atoms with van der Waals surface area (Å²) >= 11 is 0. The van der Waals surface area contributed by atoms with Gasteiger partial charge in [0.15, 0.2) is 11.6 Å². The molecule has 1 aromatic carbocycles. The third-order valence-electron chi connectivity index (χ3n) is 2.14. The monoisotopic (exact) mass is 266 g/mol. The summed E-state index contributed by atoms with van der Waals surface area (Å²) in [4.78, 5) is 18.6. The number of aromatic nitrogens is 2. The zero-order valence-corrected chi connectivity index (χ0v) is 9.76. The molecule has 0 N–H and O–H groups in total. The van der Waals surface area contributed by atoms with Gasteiger partial charge < -0.3 is 9.47 Å². The summed E-state index contributed by atoms with van der Waals surface area (Å²) in [5.41, 5.74) is 0.134. The van der Waals surface area contributed by atoms with Gasteiger partial charge in [-0.05, 0) is 12.1 Å². The maximum atomic E-state index is 13.3. The zero-order chi connectivity index (χ0) is 13.8. The highest BCUT2D eigenvalue weighted by Gasteiger charge is 2.10. The Morgan fingerprint density at radius 2 is 1.89 bits per heavy atom. The normalized spacial score (nSPS) is 10.1. The van der Waals surface area contributed by atoms with Crippen molar-refractivity contribution in [1.29, 1.82) is 0 Å². The van der Waals surface area contributed by atoms with Gasteiger partial charge in [0.1, 0.15) is 5.82 Å². The molecule has 0 bridgehead atoms. The van der Waals surface area contributed by atoms with E-state index in [-0.39, 0.29) is 17.3 Å². The van der Waals surface area contributed by atoms with Gasteiger partial charge in [-0.2, -0.15) is 0 Å². The third kappa shape index (κ3) is 3.01. The number of halogens is 2. The van der Waals surface area contributed by atoms with Crippen LogP contribution in [0.25, 0.3) is 0 Å². The van der Waals surface area contributed by atoms with Gasteiger partial charge in [-0.25, -0.2) is 23.5 Å². The molecule has 2 rings (SSSR count). The van der Waals surface area contributed by atoms with Crippen LogP contribution in [0.5, 0.6) is 11.8 Å². The number of hydrogen-bond donors (Lipinski definition) is 0. The van der Waals surface area contributed by atoms with Crippen molar-refractivity contribution in [3.05, 3.63) is 47.8 Å². The predicted octanol–water partition coefficient (Wildman–Crippen LogP) is 2.33. The molecule has 0 unspecified atom stereocenters. The second kappa shape index (κ2) is 5.38. The van der Waals surface area contributed by atoms with Crippen LogP contribution in [0.1, 0.15) is 10.4 Å². The predicted molar refractivity (Wildman–Crippen MR) is 59.8 cm³/mol. The second-order valence-corrected chi connectivity index (χ2v) is 3.42. The van der Waals surface area contributed by atoms with Crippen molar-refractivity contribution in [3.63, 3.8) is 0 Å². The van der Waals surface area contributed by atoms with Crippen LogP contribution in [0.15, 0.2) is 30.6 Å². The van der Waals surface area contributed by atoms with Gasteiger partial charge in [0, 0.05) is 18.5 Å². The zero-order valence-electron chi connectivity index (χ0n) is 9.76. The van der Waals surface area contributed by atoms with E-state index in [0.717, 1.165) is 12.1 Å². The number of esters is 1. The van der Waals surface area contributed by atoms with E-state index < -0.39 is 17.6 Å². The first kappa shape index (κ1) is 12.9. The topological polar surface area (TPSA) is 61.3 Å². The van der Waals surface area contributed by atoms with Crippen molar-refractivity contribution in [1.82, 2.24) is 9.97 Å². The van der Waals surface area contributed by atoms with Crippen LogP contribution in [0.2, 0.25) is 0 Å². The van der Waals surface area contributed by atoms with E-state index in [1.54, 1.807) is 0 Å². The van der Waals surface area contributed by atoms with Crippen LogP contribution in [0.4, 0.5) is 8.78 Å². The SMILES string of the molecule is COC(=O)c1cnc(Oc2ccc(F)cc2F)nc1. The lowest BCUT2D eigenvalue weighted by Crippen LogP contribution is -2.03. The van der Waals surface area contributed by atoms with Crippen LogP contribution < -0.4 is 4.74 Å².